The number of ketones is 1. The molecule has 0 spiro atoms. The lowest BCUT2D eigenvalue weighted by molar-refractivity contribution is -0.236. The number of hydrogen-bond acceptors (Lipinski definition) is 9. The Morgan fingerprint density at radius 1 is 1.14 bits per heavy atom. The van der Waals surface area contributed by atoms with Gasteiger partial charge < -0.3 is 24.4 Å². The zero-order valence-corrected chi connectivity index (χ0v) is 21.3. The molecule has 0 radical (unpaired) electrons. The van der Waals surface area contributed by atoms with E-state index in [9.17, 15) is 29.4 Å². The minimum Gasteiger partial charge on any atom is -0.462 e. The fourth-order valence-corrected chi connectivity index (χ4v) is 8.62. The van der Waals surface area contributed by atoms with E-state index in [4.69, 9.17) is 14.2 Å². The van der Waals surface area contributed by atoms with E-state index in [2.05, 4.69) is 0 Å². The van der Waals surface area contributed by atoms with Crippen LogP contribution in [0.15, 0.2) is 23.8 Å². The maximum atomic E-state index is 13.6. The molecule has 9 nitrogen and oxygen atoms in total. The van der Waals surface area contributed by atoms with Crippen molar-refractivity contribution in [3.05, 3.63) is 23.8 Å². The van der Waals surface area contributed by atoms with Crippen LogP contribution in [0.4, 0.5) is 0 Å². The second kappa shape index (κ2) is 7.74. The SMILES string of the molecule is CC(=O)O[C@@H]1C[C@@](C)([C@H]2OC(=O)C[C@@H]2CO)C2=CC(=O)O[C@@H]3C[C@@H]4[C@](C)(C(=O)C=C[C@]4(C)O)[C@@H]1[C@]23C. The summed E-state index contributed by atoms with van der Waals surface area (Å²) in [6.45, 7) is 8.25. The maximum absolute atomic E-state index is 13.6. The highest BCUT2D eigenvalue weighted by Gasteiger charge is 2.74. The molecule has 36 heavy (non-hydrogen) atoms. The summed E-state index contributed by atoms with van der Waals surface area (Å²) >= 11 is 0. The second-order valence-electron chi connectivity index (χ2n) is 12.1. The van der Waals surface area contributed by atoms with E-state index in [0.29, 0.717) is 5.57 Å². The van der Waals surface area contributed by atoms with Crippen molar-refractivity contribution < 1.29 is 43.6 Å². The normalized spacial score (nSPS) is 49.4. The Labute approximate surface area is 209 Å². The Hall–Kier alpha value is -2.52. The van der Waals surface area contributed by atoms with E-state index in [1.165, 1.54) is 25.2 Å². The van der Waals surface area contributed by atoms with Gasteiger partial charge in [0.05, 0.1) is 18.6 Å². The number of aliphatic hydroxyl groups excluding tert-OH is 1. The van der Waals surface area contributed by atoms with Gasteiger partial charge in [-0.15, -0.1) is 0 Å². The topological polar surface area (TPSA) is 136 Å². The van der Waals surface area contributed by atoms with Gasteiger partial charge in [-0.3, -0.25) is 14.4 Å². The fraction of sp³-hybridized carbons (Fsp3) is 0.704. The summed E-state index contributed by atoms with van der Waals surface area (Å²) in [6, 6.07) is 0. The molecule has 0 unspecified atom stereocenters. The zero-order chi connectivity index (χ0) is 26.4. The molecular formula is C27H34O9. The van der Waals surface area contributed by atoms with E-state index in [-0.39, 0.29) is 31.7 Å². The van der Waals surface area contributed by atoms with E-state index < -0.39 is 75.8 Å². The largest absolute Gasteiger partial charge is 0.462 e. The van der Waals surface area contributed by atoms with Crippen molar-refractivity contribution in [1.29, 1.82) is 0 Å². The molecule has 2 saturated carbocycles. The number of fused-ring (bicyclic) bond motifs is 2. The lowest BCUT2D eigenvalue weighted by Gasteiger charge is -2.68. The average molecular weight is 503 g/mol. The Morgan fingerprint density at radius 2 is 1.83 bits per heavy atom. The highest BCUT2D eigenvalue weighted by molar-refractivity contribution is 5.97. The van der Waals surface area contributed by atoms with Crippen LogP contribution >= 0.6 is 0 Å². The van der Waals surface area contributed by atoms with Crippen molar-refractivity contribution in [2.75, 3.05) is 6.61 Å². The van der Waals surface area contributed by atoms with E-state index in [0.717, 1.165) is 0 Å². The number of allylic oxidation sites excluding steroid dienone is 1. The summed E-state index contributed by atoms with van der Waals surface area (Å²) in [4.78, 5) is 51.2. The third-order valence-corrected chi connectivity index (χ3v) is 9.95. The van der Waals surface area contributed by atoms with Crippen LogP contribution in [0.1, 0.15) is 53.9 Å². The summed E-state index contributed by atoms with van der Waals surface area (Å²) in [7, 11) is 0. The average Bonchev–Trinajstić information content (AvgIpc) is 3.16. The van der Waals surface area contributed by atoms with Crippen LogP contribution in [0.5, 0.6) is 0 Å². The smallest absolute Gasteiger partial charge is 0.331 e. The predicted octanol–water partition coefficient (Wildman–Crippen LogP) is 1.64. The first kappa shape index (κ1) is 25.1. The molecule has 0 aromatic heterocycles. The molecule has 2 N–H and O–H groups in total. The highest BCUT2D eigenvalue weighted by atomic mass is 16.6. The van der Waals surface area contributed by atoms with Crippen molar-refractivity contribution in [1.82, 2.24) is 0 Å². The summed E-state index contributed by atoms with van der Waals surface area (Å²) < 4.78 is 17.6. The van der Waals surface area contributed by atoms with Crippen LogP contribution in [-0.4, -0.2) is 64.4 Å². The molecule has 3 aliphatic carbocycles. The number of ether oxygens (including phenoxy) is 3. The molecule has 5 aliphatic rings. The number of aliphatic hydroxyl groups is 2. The zero-order valence-electron chi connectivity index (χ0n) is 21.3. The minimum absolute atomic E-state index is 0.0439. The van der Waals surface area contributed by atoms with Gasteiger partial charge in [0.1, 0.15) is 18.3 Å². The molecule has 2 aliphatic heterocycles. The number of carbonyl (C=O) groups excluding carboxylic acids is 4. The maximum Gasteiger partial charge on any atom is 0.331 e. The quantitative estimate of drug-likeness (QED) is 0.436. The number of rotatable bonds is 3. The van der Waals surface area contributed by atoms with Crippen molar-refractivity contribution in [2.24, 2.45) is 34.0 Å². The van der Waals surface area contributed by atoms with Crippen LogP contribution in [0.2, 0.25) is 0 Å². The third kappa shape index (κ3) is 3.14. The van der Waals surface area contributed by atoms with Crippen LogP contribution in [0.25, 0.3) is 0 Å². The Morgan fingerprint density at radius 3 is 2.47 bits per heavy atom. The predicted molar refractivity (Wildman–Crippen MR) is 124 cm³/mol. The van der Waals surface area contributed by atoms with Crippen molar-refractivity contribution in [3.8, 4) is 0 Å². The molecule has 5 rings (SSSR count). The van der Waals surface area contributed by atoms with Gasteiger partial charge in [0.15, 0.2) is 5.78 Å². The molecule has 10 atom stereocenters. The Balaban J connectivity index is 1.75. The number of carbonyl (C=O) groups is 4. The minimum atomic E-state index is -1.35. The number of hydrogen-bond donors (Lipinski definition) is 2. The van der Waals surface area contributed by atoms with Crippen LogP contribution < -0.4 is 0 Å². The fourth-order valence-electron chi connectivity index (χ4n) is 8.62. The summed E-state index contributed by atoms with van der Waals surface area (Å²) in [5, 5.41) is 21.4. The van der Waals surface area contributed by atoms with E-state index in [1.54, 1.807) is 6.92 Å². The summed E-state index contributed by atoms with van der Waals surface area (Å²) in [5.41, 5.74) is -3.73. The van der Waals surface area contributed by atoms with Gasteiger partial charge in [-0.2, -0.15) is 0 Å². The Bertz CT molecular complexity index is 1100. The van der Waals surface area contributed by atoms with Gasteiger partial charge in [0.25, 0.3) is 0 Å². The third-order valence-electron chi connectivity index (χ3n) is 9.95. The first-order chi connectivity index (χ1) is 16.7. The molecular weight excluding hydrogens is 468 g/mol. The second-order valence-corrected chi connectivity index (χ2v) is 12.1. The lowest BCUT2D eigenvalue weighted by atomic mass is 9.37. The van der Waals surface area contributed by atoms with Crippen molar-refractivity contribution in [2.45, 2.75) is 77.8 Å². The first-order valence-electron chi connectivity index (χ1n) is 12.6. The molecule has 3 fully saturated rings. The van der Waals surface area contributed by atoms with E-state index in [1.807, 2.05) is 20.8 Å². The van der Waals surface area contributed by atoms with Gasteiger partial charge in [-0.25, -0.2) is 4.79 Å². The Kier molecular flexibility index (Phi) is 5.41. The molecule has 1 saturated heterocycles. The molecule has 0 bridgehead atoms. The molecule has 196 valence electrons. The first-order valence-corrected chi connectivity index (χ1v) is 12.6. The standard InChI is InChI=1S/C27H34O9/c1-13(29)34-15-11-24(2,23-14(12-28)8-20(31)36-23)16-10-21(32)35-19-9-17-25(3,33)7-6-18(30)26(17,4)22(15)27(16,19)5/h6-7,10,14-15,17,19,22-23,28,33H,8-9,11-12H2,1-5H3/t14-,15-,17+,19-,22-,23+,24-,25+,26-,27-/m1/s1. The monoisotopic (exact) mass is 502 g/mol. The number of cyclic esters (lactones) is 1. The number of esters is 3. The van der Waals surface area contributed by atoms with Crippen molar-refractivity contribution >= 4 is 23.7 Å². The summed E-state index contributed by atoms with van der Waals surface area (Å²) in [6.07, 6.45) is 2.51. The van der Waals surface area contributed by atoms with Crippen molar-refractivity contribution in [3.63, 3.8) is 0 Å². The molecule has 0 aromatic carbocycles. The lowest BCUT2D eigenvalue weighted by Crippen LogP contribution is -2.72. The van der Waals surface area contributed by atoms with Gasteiger partial charge in [0, 0.05) is 47.0 Å². The van der Waals surface area contributed by atoms with Crippen LogP contribution in [0, 0.1) is 34.0 Å². The van der Waals surface area contributed by atoms with E-state index >= 15 is 0 Å². The van der Waals surface area contributed by atoms with Gasteiger partial charge in [-0.05, 0) is 37.5 Å². The molecule has 2 heterocycles. The molecule has 0 aromatic rings. The van der Waals surface area contributed by atoms with Crippen LogP contribution in [0.3, 0.4) is 0 Å². The molecule has 0 amide bonds. The van der Waals surface area contributed by atoms with Gasteiger partial charge in [0.2, 0.25) is 0 Å². The van der Waals surface area contributed by atoms with Crippen LogP contribution in [-0.2, 0) is 33.4 Å². The van der Waals surface area contributed by atoms with Gasteiger partial charge >= 0.3 is 17.9 Å². The highest BCUT2D eigenvalue weighted by Crippen LogP contribution is 2.70. The molecule has 9 heteroatoms. The van der Waals surface area contributed by atoms with Gasteiger partial charge in [-0.1, -0.05) is 20.8 Å². The summed E-state index contributed by atoms with van der Waals surface area (Å²) in [5.74, 6) is -3.40.